The predicted octanol–water partition coefficient (Wildman–Crippen LogP) is 5.35. The summed E-state index contributed by atoms with van der Waals surface area (Å²) in [6, 6.07) is 11.8. The van der Waals surface area contributed by atoms with Crippen LogP contribution in [-0.2, 0) is 4.74 Å². The molecule has 3 heterocycles. The number of hydrogen-bond acceptors (Lipinski definition) is 6. The van der Waals surface area contributed by atoms with Crippen LogP contribution in [0.25, 0.3) is 33.5 Å². The fraction of sp³-hybridized carbons (Fsp3) is 0.292. The van der Waals surface area contributed by atoms with E-state index in [2.05, 4.69) is 11.8 Å². The Bertz CT molecular complexity index is 1300. The molecule has 0 saturated carbocycles. The molecule has 0 N–H and O–H groups in total. The van der Waals surface area contributed by atoms with Crippen LogP contribution in [0.3, 0.4) is 0 Å². The summed E-state index contributed by atoms with van der Waals surface area (Å²) in [6.45, 7) is 3.04. The van der Waals surface area contributed by atoms with Gasteiger partial charge in [0.1, 0.15) is 17.1 Å². The molecular weight excluding hydrogens is 397 g/mol. The largest absolute Gasteiger partial charge is 0.465 e. The third-order valence-electron chi connectivity index (χ3n) is 5.86. The number of aromatic nitrogens is 2. The summed E-state index contributed by atoms with van der Waals surface area (Å²) in [6.07, 6.45) is 3.30. The van der Waals surface area contributed by atoms with Gasteiger partial charge in [-0.2, -0.15) is 0 Å². The monoisotopic (exact) mass is 419 g/mol. The van der Waals surface area contributed by atoms with E-state index in [4.69, 9.17) is 19.1 Å². The number of hydrogen-bond donors (Lipinski definition) is 0. The number of piperidine rings is 1. The molecule has 0 radical (unpaired) electrons. The number of carbonyl (C=O) groups is 1. The molecule has 1 atom stereocenters. The highest BCUT2D eigenvalue weighted by atomic mass is 19.1. The highest BCUT2D eigenvalue weighted by molar-refractivity contribution is 5.94. The van der Waals surface area contributed by atoms with Crippen molar-refractivity contribution in [1.82, 2.24) is 9.97 Å². The minimum absolute atomic E-state index is 0.296. The van der Waals surface area contributed by atoms with E-state index in [9.17, 15) is 9.18 Å². The average Bonchev–Trinajstić information content (AvgIpc) is 3.20. The highest BCUT2D eigenvalue weighted by Gasteiger charge is 2.26. The molecule has 1 unspecified atom stereocenters. The van der Waals surface area contributed by atoms with E-state index >= 15 is 0 Å². The van der Waals surface area contributed by atoms with Crippen LogP contribution in [0.1, 0.15) is 36.5 Å². The maximum absolute atomic E-state index is 13.7. The number of nitrogens with zero attached hydrogens (tertiary/aromatic N) is 3. The molecule has 0 aliphatic carbocycles. The maximum Gasteiger partial charge on any atom is 0.337 e. The van der Waals surface area contributed by atoms with Gasteiger partial charge in [-0.3, -0.25) is 0 Å². The number of methoxy groups -OCH3 is 1. The first-order valence-electron chi connectivity index (χ1n) is 10.4. The molecule has 1 aliphatic heterocycles. The van der Waals surface area contributed by atoms with Gasteiger partial charge in [0.2, 0.25) is 0 Å². The van der Waals surface area contributed by atoms with E-state index in [-0.39, 0.29) is 5.82 Å². The summed E-state index contributed by atoms with van der Waals surface area (Å²) in [5.41, 5.74) is 2.76. The molecule has 31 heavy (non-hydrogen) atoms. The number of halogens is 1. The molecule has 7 heteroatoms. The summed E-state index contributed by atoms with van der Waals surface area (Å²) >= 11 is 0. The zero-order valence-electron chi connectivity index (χ0n) is 17.4. The van der Waals surface area contributed by atoms with E-state index in [0.29, 0.717) is 45.5 Å². The Balaban J connectivity index is 1.72. The summed E-state index contributed by atoms with van der Waals surface area (Å²) in [5, 5.41) is 0.803. The van der Waals surface area contributed by atoms with Crippen molar-refractivity contribution < 1.29 is 18.3 Å². The zero-order chi connectivity index (χ0) is 21.5. The molecule has 2 aromatic heterocycles. The number of anilines is 1. The number of ether oxygens (including phenoxy) is 1. The van der Waals surface area contributed by atoms with Crippen LogP contribution < -0.4 is 4.90 Å². The summed E-state index contributed by atoms with van der Waals surface area (Å²) in [4.78, 5) is 24.0. The van der Waals surface area contributed by atoms with E-state index in [0.717, 1.165) is 24.8 Å². The zero-order valence-corrected chi connectivity index (χ0v) is 17.4. The van der Waals surface area contributed by atoms with Gasteiger partial charge in [0.15, 0.2) is 11.6 Å². The van der Waals surface area contributed by atoms with Crippen molar-refractivity contribution >= 4 is 33.8 Å². The maximum atomic E-state index is 13.7. The Morgan fingerprint density at radius 1 is 1.13 bits per heavy atom. The first-order chi connectivity index (χ1) is 15.0. The summed E-state index contributed by atoms with van der Waals surface area (Å²) in [5.74, 6) is 0.485. The Kier molecular flexibility index (Phi) is 4.81. The van der Waals surface area contributed by atoms with Crippen LogP contribution in [0.15, 0.2) is 46.9 Å². The van der Waals surface area contributed by atoms with Crippen molar-refractivity contribution in [3.63, 3.8) is 0 Å². The Morgan fingerprint density at radius 3 is 2.81 bits per heavy atom. The van der Waals surface area contributed by atoms with Gasteiger partial charge in [0.25, 0.3) is 0 Å². The lowest BCUT2D eigenvalue weighted by atomic mass is 10.0. The second-order valence-electron chi connectivity index (χ2n) is 7.92. The molecule has 0 bridgehead atoms. The van der Waals surface area contributed by atoms with Crippen molar-refractivity contribution in [3.8, 4) is 11.5 Å². The predicted molar refractivity (Wildman–Crippen MR) is 117 cm³/mol. The fourth-order valence-electron chi connectivity index (χ4n) is 4.19. The van der Waals surface area contributed by atoms with Crippen LogP contribution in [0.5, 0.6) is 0 Å². The standard InChI is InChI=1S/C24H22FN3O3/c1-14-5-3-4-10-28(14)23-22(21-12-15-6-8-17(25)13-20(15)31-21)26-18-9-7-16(24(29)30-2)11-19(18)27-23/h6-9,11-14H,3-5,10H2,1-2H3. The lowest BCUT2D eigenvalue weighted by Gasteiger charge is -2.35. The van der Waals surface area contributed by atoms with Crippen LogP contribution in [0.2, 0.25) is 0 Å². The topological polar surface area (TPSA) is 68.5 Å². The Hall–Kier alpha value is -3.48. The van der Waals surface area contributed by atoms with Gasteiger partial charge in [-0.05, 0) is 62.6 Å². The first kappa shape index (κ1) is 19.5. The van der Waals surface area contributed by atoms with Crippen LogP contribution in [-0.4, -0.2) is 35.6 Å². The molecule has 0 amide bonds. The van der Waals surface area contributed by atoms with Crippen molar-refractivity contribution in [2.24, 2.45) is 0 Å². The van der Waals surface area contributed by atoms with E-state index < -0.39 is 5.97 Å². The minimum atomic E-state index is -0.417. The van der Waals surface area contributed by atoms with E-state index in [1.165, 1.54) is 25.7 Å². The molecular formula is C24H22FN3O3. The lowest BCUT2D eigenvalue weighted by Crippen LogP contribution is -2.38. The molecule has 158 valence electrons. The molecule has 4 aromatic rings. The normalized spacial score (nSPS) is 16.7. The number of fused-ring (bicyclic) bond motifs is 2. The van der Waals surface area contributed by atoms with Gasteiger partial charge in [-0.1, -0.05) is 0 Å². The van der Waals surface area contributed by atoms with Gasteiger partial charge in [-0.15, -0.1) is 0 Å². The van der Waals surface area contributed by atoms with Crippen LogP contribution in [0, 0.1) is 5.82 Å². The minimum Gasteiger partial charge on any atom is -0.465 e. The van der Waals surface area contributed by atoms with Gasteiger partial charge in [-0.25, -0.2) is 19.2 Å². The van der Waals surface area contributed by atoms with Crippen molar-refractivity contribution in [2.75, 3.05) is 18.6 Å². The molecule has 0 spiro atoms. The van der Waals surface area contributed by atoms with Crippen molar-refractivity contribution in [1.29, 1.82) is 0 Å². The number of esters is 1. The summed E-state index contributed by atoms with van der Waals surface area (Å²) < 4.78 is 24.5. The first-order valence-corrected chi connectivity index (χ1v) is 10.4. The SMILES string of the molecule is COC(=O)c1ccc2nc(-c3cc4ccc(F)cc4o3)c(N3CCCCC3C)nc2c1. The number of benzene rings is 2. The lowest BCUT2D eigenvalue weighted by molar-refractivity contribution is 0.0601. The summed E-state index contributed by atoms with van der Waals surface area (Å²) in [7, 11) is 1.35. The molecule has 2 aromatic carbocycles. The van der Waals surface area contributed by atoms with Gasteiger partial charge in [0.05, 0.1) is 23.7 Å². The number of carbonyl (C=O) groups excluding carboxylic acids is 1. The third kappa shape index (κ3) is 3.50. The molecule has 6 nitrogen and oxygen atoms in total. The van der Waals surface area contributed by atoms with Crippen LogP contribution >= 0.6 is 0 Å². The second kappa shape index (κ2) is 7.65. The van der Waals surface area contributed by atoms with E-state index in [1.54, 1.807) is 24.3 Å². The van der Waals surface area contributed by atoms with Crippen molar-refractivity contribution in [2.45, 2.75) is 32.2 Å². The Labute approximate surface area is 178 Å². The smallest absolute Gasteiger partial charge is 0.337 e. The molecule has 1 aliphatic rings. The van der Waals surface area contributed by atoms with Crippen molar-refractivity contribution in [3.05, 3.63) is 53.8 Å². The number of rotatable bonds is 3. The van der Waals surface area contributed by atoms with Gasteiger partial charge < -0.3 is 14.1 Å². The second-order valence-corrected chi connectivity index (χ2v) is 7.92. The molecule has 1 fully saturated rings. The van der Waals surface area contributed by atoms with Gasteiger partial charge >= 0.3 is 5.97 Å². The fourth-order valence-corrected chi connectivity index (χ4v) is 4.19. The average molecular weight is 419 g/mol. The molecule has 1 saturated heterocycles. The van der Waals surface area contributed by atoms with Crippen LogP contribution in [0.4, 0.5) is 10.2 Å². The quantitative estimate of drug-likeness (QED) is 0.417. The third-order valence-corrected chi connectivity index (χ3v) is 5.86. The molecule has 5 rings (SSSR count). The highest BCUT2D eigenvalue weighted by Crippen LogP contribution is 2.36. The number of furan rings is 1. The Morgan fingerprint density at radius 2 is 2.00 bits per heavy atom. The van der Waals surface area contributed by atoms with Gasteiger partial charge in [0, 0.05) is 24.0 Å². The van der Waals surface area contributed by atoms with E-state index in [1.807, 2.05) is 6.07 Å².